The average molecular weight is 173 g/mol. The highest BCUT2D eigenvalue weighted by Crippen LogP contribution is 2.24. The zero-order valence-corrected chi connectivity index (χ0v) is 8.12. The van der Waals surface area contributed by atoms with Crippen LogP contribution in [0.2, 0.25) is 0 Å². The molecular formula is C12H15N. The molecule has 0 aromatic heterocycles. The highest BCUT2D eigenvalue weighted by atomic mass is 14.9. The molecular weight excluding hydrogens is 158 g/mol. The van der Waals surface area contributed by atoms with E-state index < -0.39 is 0 Å². The van der Waals surface area contributed by atoms with Gasteiger partial charge in [0, 0.05) is 11.7 Å². The van der Waals surface area contributed by atoms with Crippen LogP contribution in [-0.4, -0.2) is 6.04 Å². The maximum absolute atomic E-state index is 3.51. The van der Waals surface area contributed by atoms with Crippen molar-refractivity contribution in [3.8, 4) is 0 Å². The molecule has 1 unspecified atom stereocenters. The third-order valence-corrected chi connectivity index (χ3v) is 2.48. The lowest BCUT2D eigenvalue weighted by molar-refractivity contribution is 0.600. The molecule has 1 heterocycles. The molecule has 0 amide bonds. The summed E-state index contributed by atoms with van der Waals surface area (Å²) in [7, 11) is 0. The molecule has 1 N–H and O–H groups in total. The van der Waals surface area contributed by atoms with E-state index in [0.717, 1.165) is 0 Å². The van der Waals surface area contributed by atoms with Gasteiger partial charge in [-0.05, 0) is 17.5 Å². The Morgan fingerprint density at radius 1 is 1.23 bits per heavy atom. The maximum atomic E-state index is 3.51. The molecule has 2 rings (SSSR count). The highest BCUT2D eigenvalue weighted by molar-refractivity contribution is 5.70. The Morgan fingerprint density at radius 2 is 2.00 bits per heavy atom. The van der Waals surface area contributed by atoms with Crippen molar-refractivity contribution < 1.29 is 0 Å². The van der Waals surface area contributed by atoms with Crippen LogP contribution in [0.3, 0.4) is 0 Å². The SMILES string of the molecule is CC(C)C1C=Cc2ccccc2N1. The van der Waals surface area contributed by atoms with Crippen LogP contribution in [0.25, 0.3) is 6.08 Å². The number of nitrogens with one attached hydrogen (secondary N) is 1. The summed E-state index contributed by atoms with van der Waals surface area (Å²) in [5.41, 5.74) is 2.54. The quantitative estimate of drug-likeness (QED) is 0.688. The van der Waals surface area contributed by atoms with Crippen LogP contribution in [0.15, 0.2) is 30.3 Å². The van der Waals surface area contributed by atoms with E-state index in [9.17, 15) is 0 Å². The van der Waals surface area contributed by atoms with Gasteiger partial charge in [-0.1, -0.05) is 44.2 Å². The van der Waals surface area contributed by atoms with Gasteiger partial charge in [0.25, 0.3) is 0 Å². The first-order valence-electron chi connectivity index (χ1n) is 4.81. The molecule has 0 spiro atoms. The van der Waals surface area contributed by atoms with Crippen LogP contribution in [0.4, 0.5) is 5.69 Å². The lowest BCUT2D eigenvalue weighted by Gasteiger charge is -2.25. The fourth-order valence-electron chi connectivity index (χ4n) is 1.60. The van der Waals surface area contributed by atoms with Crippen molar-refractivity contribution in [1.29, 1.82) is 0 Å². The number of fused-ring (bicyclic) bond motifs is 1. The van der Waals surface area contributed by atoms with Crippen molar-refractivity contribution in [2.45, 2.75) is 19.9 Å². The Morgan fingerprint density at radius 3 is 2.77 bits per heavy atom. The zero-order chi connectivity index (χ0) is 9.26. The number of benzene rings is 1. The van der Waals surface area contributed by atoms with E-state index in [1.165, 1.54) is 11.3 Å². The van der Waals surface area contributed by atoms with Gasteiger partial charge in [0.1, 0.15) is 0 Å². The largest absolute Gasteiger partial charge is 0.378 e. The molecule has 0 saturated carbocycles. The molecule has 1 aromatic rings. The second-order valence-corrected chi connectivity index (χ2v) is 3.86. The minimum atomic E-state index is 0.481. The fraction of sp³-hybridized carbons (Fsp3) is 0.333. The van der Waals surface area contributed by atoms with Gasteiger partial charge < -0.3 is 5.32 Å². The molecule has 1 aromatic carbocycles. The smallest absolute Gasteiger partial charge is 0.0470 e. The summed E-state index contributed by atoms with van der Waals surface area (Å²) in [5, 5.41) is 3.51. The van der Waals surface area contributed by atoms with E-state index in [2.05, 4.69) is 55.6 Å². The standard InChI is InChI=1S/C12H15N/c1-9(2)11-8-7-10-5-3-4-6-12(10)13-11/h3-9,11,13H,1-2H3. The first-order chi connectivity index (χ1) is 6.27. The van der Waals surface area contributed by atoms with Crippen LogP contribution < -0.4 is 5.32 Å². The normalized spacial score (nSPS) is 19.8. The van der Waals surface area contributed by atoms with E-state index in [0.29, 0.717) is 12.0 Å². The van der Waals surface area contributed by atoms with Gasteiger partial charge in [0.2, 0.25) is 0 Å². The number of anilines is 1. The van der Waals surface area contributed by atoms with Crippen molar-refractivity contribution in [3.63, 3.8) is 0 Å². The lowest BCUT2D eigenvalue weighted by atomic mass is 9.98. The summed E-state index contributed by atoms with van der Waals surface area (Å²) < 4.78 is 0. The van der Waals surface area contributed by atoms with E-state index in [1.54, 1.807) is 0 Å². The molecule has 1 atom stereocenters. The van der Waals surface area contributed by atoms with Crippen molar-refractivity contribution in [2.24, 2.45) is 5.92 Å². The Bertz CT molecular complexity index is 326. The molecule has 1 aliphatic heterocycles. The molecule has 68 valence electrons. The minimum absolute atomic E-state index is 0.481. The van der Waals surface area contributed by atoms with Gasteiger partial charge in [0.15, 0.2) is 0 Å². The summed E-state index contributed by atoms with van der Waals surface area (Å²) in [6, 6.07) is 8.89. The van der Waals surface area contributed by atoms with Gasteiger partial charge in [-0.15, -0.1) is 0 Å². The van der Waals surface area contributed by atoms with E-state index in [-0.39, 0.29) is 0 Å². The van der Waals surface area contributed by atoms with Crippen molar-refractivity contribution in [3.05, 3.63) is 35.9 Å². The Balaban J connectivity index is 2.29. The van der Waals surface area contributed by atoms with Crippen LogP contribution in [0.1, 0.15) is 19.4 Å². The molecule has 0 bridgehead atoms. The fourth-order valence-corrected chi connectivity index (χ4v) is 1.60. The van der Waals surface area contributed by atoms with Gasteiger partial charge in [-0.3, -0.25) is 0 Å². The number of para-hydroxylation sites is 1. The summed E-state index contributed by atoms with van der Waals surface area (Å²) >= 11 is 0. The Kier molecular flexibility index (Phi) is 2.09. The second-order valence-electron chi connectivity index (χ2n) is 3.86. The van der Waals surface area contributed by atoms with Crippen molar-refractivity contribution >= 4 is 11.8 Å². The third-order valence-electron chi connectivity index (χ3n) is 2.48. The maximum Gasteiger partial charge on any atom is 0.0470 e. The number of hydrogen-bond acceptors (Lipinski definition) is 1. The molecule has 0 radical (unpaired) electrons. The van der Waals surface area contributed by atoms with E-state index in [1.807, 2.05) is 0 Å². The Labute approximate surface area is 79.5 Å². The van der Waals surface area contributed by atoms with Crippen LogP contribution in [0, 0.1) is 5.92 Å². The first kappa shape index (κ1) is 8.36. The predicted octanol–water partition coefficient (Wildman–Crippen LogP) is 3.15. The number of rotatable bonds is 1. The minimum Gasteiger partial charge on any atom is -0.378 e. The molecule has 1 nitrogen and oxygen atoms in total. The summed E-state index contributed by atoms with van der Waals surface area (Å²) in [6.45, 7) is 4.46. The van der Waals surface area contributed by atoms with Crippen LogP contribution in [0.5, 0.6) is 0 Å². The summed E-state index contributed by atoms with van der Waals surface area (Å²) in [6.07, 6.45) is 4.45. The molecule has 0 saturated heterocycles. The van der Waals surface area contributed by atoms with Gasteiger partial charge >= 0.3 is 0 Å². The summed E-state index contributed by atoms with van der Waals surface area (Å²) in [4.78, 5) is 0. The third kappa shape index (κ3) is 1.59. The molecule has 13 heavy (non-hydrogen) atoms. The molecule has 0 fully saturated rings. The van der Waals surface area contributed by atoms with Crippen molar-refractivity contribution in [1.82, 2.24) is 0 Å². The van der Waals surface area contributed by atoms with Crippen molar-refractivity contribution in [2.75, 3.05) is 5.32 Å². The van der Waals surface area contributed by atoms with Gasteiger partial charge in [0.05, 0.1) is 0 Å². The summed E-state index contributed by atoms with van der Waals surface area (Å²) in [5.74, 6) is 0.643. The zero-order valence-electron chi connectivity index (χ0n) is 8.12. The van der Waals surface area contributed by atoms with Crippen LogP contribution >= 0.6 is 0 Å². The van der Waals surface area contributed by atoms with E-state index >= 15 is 0 Å². The van der Waals surface area contributed by atoms with Gasteiger partial charge in [-0.2, -0.15) is 0 Å². The second kappa shape index (κ2) is 3.25. The predicted molar refractivity (Wildman–Crippen MR) is 57.7 cm³/mol. The highest BCUT2D eigenvalue weighted by Gasteiger charge is 2.14. The van der Waals surface area contributed by atoms with E-state index in [4.69, 9.17) is 0 Å². The van der Waals surface area contributed by atoms with Crippen LogP contribution in [-0.2, 0) is 0 Å². The molecule has 1 heteroatoms. The topological polar surface area (TPSA) is 12.0 Å². The number of hydrogen-bond donors (Lipinski definition) is 1. The molecule has 1 aliphatic rings. The Hall–Kier alpha value is -1.24. The average Bonchev–Trinajstić information content (AvgIpc) is 2.17. The molecule has 0 aliphatic carbocycles. The monoisotopic (exact) mass is 173 g/mol. The van der Waals surface area contributed by atoms with Gasteiger partial charge in [-0.25, -0.2) is 0 Å². The lowest BCUT2D eigenvalue weighted by Crippen LogP contribution is -2.25. The first-order valence-corrected chi connectivity index (χ1v) is 4.81.